The lowest BCUT2D eigenvalue weighted by atomic mass is 10.2. The van der Waals surface area contributed by atoms with Gasteiger partial charge in [-0.25, -0.2) is 4.39 Å². The first kappa shape index (κ1) is 13.4. The average Bonchev–Trinajstić information content (AvgIpc) is 2.16. The molecule has 3 nitrogen and oxygen atoms in total. The summed E-state index contributed by atoms with van der Waals surface area (Å²) in [5.41, 5.74) is 0.745. The molecule has 0 saturated carbocycles. The number of hydrogen-bond acceptors (Lipinski definition) is 3. The fourth-order valence-electron chi connectivity index (χ4n) is 1.35. The van der Waals surface area contributed by atoms with Gasteiger partial charge in [0.25, 0.3) is 0 Å². The summed E-state index contributed by atoms with van der Waals surface area (Å²) in [6.07, 6.45) is -0.561. The fraction of sp³-hybridized carbons (Fsp3) is 0.455. The fourth-order valence-corrected chi connectivity index (χ4v) is 1.59. The van der Waals surface area contributed by atoms with Crippen LogP contribution in [-0.4, -0.2) is 31.5 Å². The highest BCUT2D eigenvalue weighted by Gasteiger charge is 2.03. The normalized spacial score (nSPS) is 12.8. The summed E-state index contributed by atoms with van der Waals surface area (Å²) in [5.74, 6) is -0.360. The van der Waals surface area contributed by atoms with Crippen molar-refractivity contribution < 1.29 is 14.2 Å². The van der Waals surface area contributed by atoms with Crippen molar-refractivity contribution in [2.75, 3.05) is 20.3 Å². The third-order valence-corrected chi connectivity index (χ3v) is 2.21. The minimum absolute atomic E-state index is 0.275. The predicted octanol–water partition coefficient (Wildman–Crippen LogP) is 1.58. The molecular weight excluding hydrogens is 233 g/mol. The Bertz CT molecular complexity index is 316. The Kier molecular flexibility index (Phi) is 5.69. The number of aliphatic hydroxyl groups excluding tert-OH is 1. The Hall–Kier alpha value is -0.680. The molecule has 0 aliphatic carbocycles. The lowest BCUT2D eigenvalue weighted by Gasteiger charge is -2.10. The van der Waals surface area contributed by atoms with Gasteiger partial charge in [0, 0.05) is 25.2 Å². The van der Waals surface area contributed by atoms with Gasteiger partial charge < -0.3 is 15.2 Å². The summed E-state index contributed by atoms with van der Waals surface area (Å²) in [7, 11) is 1.52. The monoisotopic (exact) mass is 247 g/mol. The first-order chi connectivity index (χ1) is 7.61. The van der Waals surface area contributed by atoms with Gasteiger partial charge in [-0.2, -0.15) is 0 Å². The van der Waals surface area contributed by atoms with Gasteiger partial charge in [-0.1, -0.05) is 11.6 Å². The number of nitrogens with one attached hydrogen (secondary N) is 1. The van der Waals surface area contributed by atoms with E-state index in [2.05, 4.69) is 5.32 Å². The zero-order valence-electron chi connectivity index (χ0n) is 9.04. The minimum Gasteiger partial charge on any atom is -0.389 e. The van der Waals surface area contributed by atoms with Crippen molar-refractivity contribution in [2.45, 2.75) is 12.6 Å². The Morgan fingerprint density at radius 1 is 1.50 bits per heavy atom. The average molecular weight is 248 g/mol. The summed E-state index contributed by atoms with van der Waals surface area (Å²) in [6, 6.07) is 4.34. The molecule has 90 valence electrons. The van der Waals surface area contributed by atoms with Crippen molar-refractivity contribution in [3.8, 4) is 0 Å². The van der Waals surface area contributed by atoms with Gasteiger partial charge in [0.15, 0.2) is 0 Å². The van der Waals surface area contributed by atoms with Crippen molar-refractivity contribution in [1.29, 1.82) is 0 Å². The van der Waals surface area contributed by atoms with Gasteiger partial charge in [-0.15, -0.1) is 0 Å². The Morgan fingerprint density at radius 3 is 2.88 bits per heavy atom. The lowest BCUT2D eigenvalue weighted by Crippen LogP contribution is -2.29. The maximum Gasteiger partial charge on any atom is 0.125 e. The van der Waals surface area contributed by atoms with E-state index in [0.717, 1.165) is 5.56 Å². The molecule has 5 heteroatoms. The van der Waals surface area contributed by atoms with Crippen LogP contribution in [-0.2, 0) is 11.3 Å². The second-order valence-corrected chi connectivity index (χ2v) is 3.95. The van der Waals surface area contributed by atoms with E-state index in [1.807, 2.05) is 0 Å². The van der Waals surface area contributed by atoms with E-state index < -0.39 is 6.10 Å². The maximum absolute atomic E-state index is 13.0. The van der Waals surface area contributed by atoms with Gasteiger partial charge in [-0.05, 0) is 23.8 Å². The smallest absolute Gasteiger partial charge is 0.125 e. The molecular formula is C11H15ClFNO2. The van der Waals surface area contributed by atoms with Crippen molar-refractivity contribution in [1.82, 2.24) is 5.32 Å². The second-order valence-electron chi connectivity index (χ2n) is 3.52. The SMILES string of the molecule is COCC(O)CNCc1cc(F)cc(Cl)c1. The molecule has 1 aromatic rings. The lowest BCUT2D eigenvalue weighted by molar-refractivity contribution is 0.0644. The van der Waals surface area contributed by atoms with Crippen LogP contribution < -0.4 is 5.32 Å². The molecule has 16 heavy (non-hydrogen) atoms. The highest BCUT2D eigenvalue weighted by atomic mass is 35.5. The number of halogens is 2. The first-order valence-corrected chi connectivity index (χ1v) is 5.32. The highest BCUT2D eigenvalue weighted by molar-refractivity contribution is 6.30. The topological polar surface area (TPSA) is 41.5 Å². The van der Waals surface area contributed by atoms with Crippen LogP contribution in [0.5, 0.6) is 0 Å². The molecule has 2 N–H and O–H groups in total. The standard InChI is InChI=1S/C11H15ClFNO2/c1-16-7-11(15)6-14-5-8-2-9(12)4-10(13)3-8/h2-4,11,14-15H,5-7H2,1H3. The third-order valence-electron chi connectivity index (χ3n) is 1.99. The Labute approximate surface area is 99.2 Å². The van der Waals surface area contributed by atoms with E-state index in [9.17, 15) is 9.50 Å². The molecule has 0 aliphatic rings. The van der Waals surface area contributed by atoms with E-state index >= 15 is 0 Å². The highest BCUT2D eigenvalue weighted by Crippen LogP contribution is 2.13. The van der Waals surface area contributed by atoms with Crippen molar-refractivity contribution in [3.05, 3.63) is 34.6 Å². The van der Waals surface area contributed by atoms with E-state index in [-0.39, 0.29) is 12.4 Å². The summed E-state index contributed by atoms with van der Waals surface area (Å²) in [5, 5.41) is 12.7. The molecule has 1 atom stereocenters. The summed E-state index contributed by atoms with van der Waals surface area (Å²) in [6.45, 7) is 1.12. The number of ether oxygens (including phenoxy) is 1. The van der Waals surface area contributed by atoms with Crippen LogP contribution in [0.2, 0.25) is 5.02 Å². The first-order valence-electron chi connectivity index (χ1n) is 4.94. The number of rotatable bonds is 6. The maximum atomic E-state index is 13.0. The summed E-state index contributed by atoms with van der Waals surface area (Å²) >= 11 is 5.70. The molecule has 0 amide bonds. The Balaban J connectivity index is 2.37. The molecule has 0 bridgehead atoms. The molecule has 0 fully saturated rings. The second kappa shape index (κ2) is 6.81. The quantitative estimate of drug-likeness (QED) is 0.802. The summed E-state index contributed by atoms with van der Waals surface area (Å²) < 4.78 is 17.7. The zero-order chi connectivity index (χ0) is 12.0. The predicted molar refractivity (Wildman–Crippen MR) is 61.0 cm³/mol. The van der Waals surface area contributed by atoms with Crippen LogP contribution in [0.3, 0.4) is 0 Å². The number of aliphatic hydroxyl groups is 1. The largest absolute Gasteiger partial charge is 0.389 e. The van der Waals surface area contributed by atoms with E-state index in [1.54, 1.807) is 6.07 Å². The molecule has 1 rings (SSSR count). The van der Waals surface area contributed by atoms with E-state index in [4.69, 9.17) is 16.3 Å². The number of hydrogen-bond donors (Lipinski definition) is 2. The van der Waals surface area contributed by atoms with Gasteiger partial charge in [0.1, 0.15) is 5.82 Å². The zero-order valence-corrected chi connectivity index (χ0v) is 9.80. The van der Waals surface area contributed by atoms with Crippen LogP contribution in [0.25, 0.3) is 0 Å². The van der Waals surface area contributed by atoms with Crippen molar-refractivity contribution >= 4 is 11.6 Å². The molecule has 1 unspecified atom stereocenters. The molecule has 0 radical (unpaired) electrons. The van der Waals surface area contributed by atoms with Crippen LogP contribution in [0.4, 0.5) is 4.39 Å². The van der Waals surface area contributed by atoms with Gasteiger partial charge in [-0.3, -0.25) is 0 Å². The molecule has 1 aromatic carbocycles. The van der Waals surface area contributed by atoms with E-state index in [0.29, 0.717) is 18.1 Å². The van der Waals surface area contributed by atoms with E-state index in [1.165, 1.54) is 19.2 Å². The number of methoxy groups -OCH3 is 1. The van der Waals surface area contributed by atoms with Gasteiger partial charge in [0.05, 0.1) is 12.7 Å². The Morgan fingerprint density at radius 2 is 2.25 bits per heavy atom. The van der Waals surface area contributed by atoms with Crippen LogP contribution in [0.15, 0.2) is 18.2 Å². The van der Waals surface area contributed by atoms with Gasteiger partial charge >= 0.3 is 0 Å². The summed E-state index contributed by atoms with van der Waals surface area (Å²) in [4.78, 5) is 0. The van der Waals surface area contributed by atoms with Crippen LogP contribution in [0.1, 0.15) is 5.56 Å². The molecule has 0 heterocycles. The third kappa shape index (κ3) is 4.90. The molecule has 0 aliphatic heterocycles. The van der Waals surface area contributed by atoms with Crippen molar-refractivity contribution in [2.24, 2.45) is 0 Å². The van der Waals surface area contributed by atoms with Crippen LogP contribution in [0, 0.1) is 5.82 Å². The molecule has 0 saturated heterocycles. The molecule has 0 spiro atoms. The minimum atomic E-state index is -0.561. The number of benzene rings is 1. The van der Waals surface area contributed by atoms with Crippen molar-refractivity contribution in [3.63, 3.8) is 0 Å². The van der Waals surface area contributed by atoms with Crippen LogP contribution >= 0.6 is 11.6 Å². The molecule has 0 aromatic heterocycles. The van der Waals surface area contributed by atoms with Gasteiger partial charge in [0.2, 0.25) is 0 Å².